The Bertz CT molecular complexity index is 994. The predicted molar refractivity (Wildman–Crippen MR) is 95.6 cm³/mol. The van der Waals surface area contributed by atoms with Gasteiger partial charge in [0.1, 0.15) is 16.5 Å². The molecular weight excluding hydrogens is 357 g/mol. The number of benzene rings is 1. The SMILES string of the molecule is CC(C)Cn1cc(S(=O)(=O)Nc2ccnn2Cc2ccccc2F)cn1. The Labute approximate surface area is 151 Å². The molecule has 138 valence electrons. The summed E-state index contributed by atoms with van der Waals surface area (Å²) in [5.74, 6) is 0.234. The molecule has 2 aromatic heterocycles. The van der Waals surface area contributed by atoms with Crippen LogP contribution in [0.15, 0.2) is 53.8 Å². The standard InChI is InChI=1S/C17H20FN5O2S/c1-13(2)10-22-12-15(9-20-22)26(24,25)21-17-7-8-19-23(17)11-14-5-3-4-6-16(14)18/h3-9,12-13,21H,10-11H2,1-2H3. The first-order chi connectivity index (χ1) is 12.3. The lowest BCUT2D eigenvalue weighted by Gasteiger charge is -2.10. The van der Waals surface area contributed by atoms with E-state index in [9.17, 15) is 12.8 Å². The van der Waals surface area contributed by atoms with Crippen molar-refractivity contribution >= 4 is 15.8 Å². The zero-order valence-electron chi connectivity index (χ0n) is 14.5. The van der Waals surface area contributed by atoms with Crippen LogP contribution in [0.4, 0.5) is 10.2 Å². The molecule has 7 nitrogen and oxygen atoms in total. The Morgan fingerprint density at radius 2 is 1.96 bits per heavy atom. The van der Waals surface area contributed by atoms with Crippen LogP contribution in [0, 0.1) is 11.7 Å². The van der Waals surface area contributed by atoms with Gasteiger partial charge in [0.2, 0.25) is 0 Å². The van der Waals surface area contributed by atoms with Gasteiger partial charge < -0.3 is 0 Å². The summed E-state index contributed by atoms with van der Waals surface area (Å²) in [6, 6.07) is 7.82. The van der Waals surface area contributed by atoms with Gasteiger partial charge in [-0.05, 0) is 12.0 Å². The van der Waals surface area contributed by atoms with Gasteiger partial charge in [0.05, 0.1) is 18.9 Å². The quantitative estimate of drug-likeness (QED) is 0.686. The van der Waals surface area contributed by atoms with Crippen LogP contribution in [0.25, 0.3) is 0 Å². The molecule has 0 amide bonds. The second-order valence-corrected chi connectivity index (χ2v) is 8.05. The van der Waals surface area contributed by atoms with E-state index in [1.807, 2.05) is 13.8 Å². The highest BCUT2D eigenvalue weighted by atomic mass is 32.2. The van der Waals surface area contributed by atoms with Gasteiger partial charge in [0.25, 0.3) is 10.0 Å². The third-order valence-corrected chi connectivity index (χ3v) is 5.01. The van der Waals surface area contributed by atoms with E-state index < -0.39 is 10.0 Å². The van der Waals surface area contributed by atoms with E-state index in [4.69, 9.17) is 0 Å². The summed E-state index contributed by atoms with van der Waals surface area (Å²) in [7, 11) is -3.81. The summed E-state index contributed by atoms with van der Waals surface area (Å²) in [5, 5.41) is 8.16. The Balaban J connectivity index is 1.80. The molecular formula is C17H20FN5O2S. The fourth-order valence-corrected chi connectivity index (χ4v) is 3.50. The first-order valence-corrected chi connectivity index (χ1v) is 9.64. The average molecular weight is 377 g/mol. The predicted octanol–water partition coefficient (Wildman–Crippen LogP) is 2.72. The molecule has 0 aliphatic carbocycles. The maximum atomic E-state index is 13.8. The summed E-state index contributed by atoms with van der Waals surface area (Å²) in [6.45, 7) is 4.79. The van der Waals surface area contributed by atoms with Crippen LogP contribution in [-0.4, -0.2) is 28.0 Å². The number of halogens is 1. The molecule has 0 radical (unpaired) electrons. The summed E-state index contributed by atoms with van der Waals surface area (Å²) in [6.07, 6.45) is 4.25. The molecule has 0 fully saturated rings. The lowest BCUT2D eigenvalue weighted by molar-refractivity contribution is 0.482. The number of anilines is 1. The maximum Gasteiger partial charge on any atom is 0.266 e. The molecule has 9 heteroatoms. The summed E-state index contributed by atoms with van der Waals surface area (Å²) < 4.78 is 44.5. The van der Waals surface area contributed by atoms with Crippen LogP contribution < -0.4 is 4.72 Å². The van der Waals surface area contributed by atoms with Crippen LogP contribution in [0.3, 0.4) is 0 Å². The third kappa shape index (κ3) is 4.10. The van der Waals surface area contributed by atoms with Crippen LogP contribution in [-0.2, 0) is 23.1 Å². The highest BCUT2D eigenvalue weighted by Crippen LogP contribution is 2.17. The summed E-state index contributed by atoms with van der Waals surface area (Å²) >= 11 is 0. The van der Waals surface area contributed by atoms with Gasteiger partial charge in [-0.15, -0.1) is 0 Å². The molecule has 0 bridgehead atoms. The number of hydrogen-bond donors (Lipinski definition) is 1. The minimum Gasteiger partial charge on any atom is -0.271 e. The number of sulfonamides is 1. The van der Waals surface area contributed by atoms with E-state index in [0.717, 1.165) is 0 Å². The van der Waals surface area contributed by atoms with Gasteiger partial charge in [0, 0.05) is 24.4 Å². The topological polar surface area (TPSA) is 81.8 Å². The third-order valence-electron chi connectivity index (χ3n) is 3.71. The Kier molecular flexibility index (Phi) is 5.08. The van der Waals surface area contributed by atoms with E-state index >= 15 is 0 Å². The number of hydrogen-bond acceptors (Lipinski definition) is 4. The fourth-order valence-electron chi connectivity index (χ4n) is 2.49. The van der Waals surface area contributed by atoms with E-state index in [-0.39, 0.29) is 23.1 Å². The first kappa shape index (κ1) is 18.1. The first-order valence-electron chi connectivity index (χ1n) is 8.15. The van der Waals surface area contributed by atoms with Gasteiger partial charge in [0.15, 0.2) is 0 Å². The number of nitrogens with zero attached hydrogens (tertiary/aromatic N) is 4. The van der Waals surface area contributed by atoms with Crippen molar-refractivity contribution in [2.24, 2.45) is 5.92 Å². The fraction of sp³-hybridized carbons (Fsp3) is 0.294. The zero-order valence-corrected chi connectivity index (χ0v) is 15.3. The minimum absolute atomic E-state index is 0.0665. The highest BCUT2D eigenvalue weighted by molar-refractivity contribution is 7.92. The Hall–Kier alpha value is -2.68. The van der Waals surface area contributed by atoms with Crippen LogP contribution >= 0.6 is 0 Å². The van der Waals surface area contributed by atoms with E-state index in [2.05, 4.69) is 14.9 Å². The van der Waals surface area contributed by atoms with E-state index in [0.29, 0.717) is 18.0 Å². The van der Waals surface area contributed by atoms with Crippen molar-refractivity contribution in [1.82, 2.24) is 19.6 Å². The van der Waals surface area contributed by atoms with Gasteiger partial charge in [-0.2, -0.15) is 10.2 Å². The number of nitrogens with one attached hydrogen (secondary N) is 1. The molecule has 0 aliphatic rings. The monoisotopic (exact) mass is 377 g/mol. The molecule has 0 atom stereocenters. The molecule has 3 aromatic rings. The molecule has 0 unspecified atom stereocenters. The average Bonchev–Trinajstić information content (AvgIpc) is 3.19. The van der Waals surface area contributed by atoms with Gasteiger partial charge >= 0.3 is 0 Å². The van der Waals surface area contributed by atoms with Crippen molar-refractivity contribution in [3.63, 3.8) is 0 Å². The van der Waals surface area contributed by atoms with Crippen molar-refractivity contribution in [1.29, 1.82) is 0 Å². The molecule has 0 saturated carbocycles. The van der Waals surface area contributed by atoms with Gasteiger partial charge in [-0.3, -0.25) is 9.40 Å². The molecule has 1 N–H and O–H groups in total. The highest BCUT2D eigenvalue weighted by Gasteiger charge is 2.19. The largest absolute Gasteiger partial charge is 0.271 e. The normalized spacial score (nSPS) is 11.8. The van der Waals surface area contributed by atoms with Crippen molar-refractivity contribution in [2.45, 2.75) is 31.8 Å². The van der Waals surface area contributed by atoms with Crippen LogP contribution in [0.5, 0.6) is 0 Å². The molecule has 0 saturated heterocycles. The van der Waals surface area contributed by atoms with Crippen molar-refractivity contribution in [2.75, 3.05) is 4.72 Å². The van der Waals surface area contributed by atoms with Crippen molar-refractivity contribution in [3.05, 3.63) is 60.3 Å². The second kappa shape index (κ2) is 7.28. The summed E-state index contributed by atoms with van der Waals surface area (Å²) in [4.78, 5) is 0.0665. The molecule has 1 aromatic carbocycles. The minimum atomic E-state index is -3.81. The van der Waals surface area contributed by atoms with Gasteiger partial charge in [-0.1, -0.05) is 32.0 Å². The lowest BCUT2D eigenvalue weighted by Crippen LogP contribution is -2.17. The van der Waals surface area contributed by atoms with E-state index in [1.165, 1.54) is 35.4 Å². The smallest absolute Gasteiger partial charge is 0.266 e. The Morgan fingerprint density at radius 3 is 2.69 bits per heavy atom. The van der Waals surface area contributed by atoms with Crippen LogP contribution in [0.1, 0.15) is 19.4 Å². The summed E-state index contributed by atoms with van der Waals surface area (Å²) in [5.41, 5.74) is 0.418. The lowest BCUT2D eigenvalue weighted by atomic mass is 10.2. The van der Waals surface area contributed by atoms with Crippen molar-refractivity contribution in [3.8, 4) is 0 Å². The second-order valence-electron chi connectivity index (χ2n) is 6.36. The Morgan fingerprint density at radius 1 is 1.19 bits per heavy atom. The maximum absolute atomic E-state index is 13.8. The molecule has 26 heavy (non-hydrogen) atoms. The van der Waals surface area contributed by atoms with E-state index in [1.54, 1.807) is 22.9 Å². The number of rotatable bonds is 7. The van der Waals surface area contributed by atoms with Crippen molar-refractivity contribution < 1.29 is 12.8 Å². The van der Waals surface area contributed by atoms with Gasteiger partial charge in [-0.25, -0.2) is 17.5 Å². The molecule has 2 heterocycles. The molecule has 0 aliphatic heterocycles. The molecule has 0 spiro atoms. The molecule has 3 rings (SSSR count). The zero-order chi connectivity index (χ0) is 18.7. The number of aromatic nitrogens is 4. The van der Waals surface area contributed by atoms with Crippen LogP contribution in [0.2, 0.25) is 0 Å².